The zero-order valence-electron chi connectivity index (χ0n) is 15.7. The third kappa shape index (κ3) is 4.07. The number of carbonyl (C=O) groups is 1. The molecule has 4 rings (SSSR count). The Bertz CT molecular complexity index is 993. The molecule has 1 amide bonds. The van der Waals surface area contributed by atoms with Crippen LogP contribution in [0.4, 0.5) is 5.82 Å². The zero-order chi connectivity index (χ0) is 19.7. The van der Waals surface area contributed by atoms with Crippen LogP contribution in [-0.2, 0) is 18.4 Å². The third-order valence-corrected chi connectivity index (χ3v) is 5.84. The SMILES string of the molecule is CCn1c(SCC(=O)Nc2cc(-c3ccc(Cl)cc3)nn2C)nnc1C1CC1. The first-order chi connectivity index (χ1) is 13.5. The number of aromatic nitrogens is 5. The van der Waals surface area contributed by atoms with Crippen LogP contribution >= 0.6 is 23.4 Å². The van der Waals surface area contributed by atoms with Crippen molar-refractivity contribution in [3.8, 4) is 11.3 Å². The molecule has 0 saturated heterocycles. The second kappa shape index (κ2) is 7.97. The first-order valence-corrected chi connectivity index (χ1v) is 10.6. The molecule has 0 bridgehead atoms. The van der Waals surface area contributed by atoms with Crippen LogP contribution in [0.15, 0.2) is 35.5 Å². The maximum absolute atomic E-state index is 12.4. The van der Waals surface area contributed by atoms with Gasteiger partial charge in [0.1, 0.15) is 11.6 Å². The molecule has 9 heteroatoms. The van der Waals surface area contributed by atoms with Crippen molar-refractivity contribution in [1.29, 1.82) is 0 Å². The molecule has 28 heavy (non-hydrogen) atoms. The summed E-state index contributed by atoms with van der Waals surface area (Å²) in [5, 5.41) is 17.4. The van der Waals surface area contributed by atoms with Crippen LogP contribution in [0.2, 0.25) is 5.02 Å². The highest BCUT2D eigenvalue weighted by Crippen LogP contribution is 2.40. The van der Waals surface area contributed by atoms with E-state index in [4.69, 9.17) is 11.6 Å². The molecule has 0 spiro atoms. The third-order valence-electron chi connectivity index (χ3n) is 4.62. The van der Waals surface area contributed by atoms with Crippen LogP contribution in [-0.4, -0.2) is 36.2 Å². The fourth-order valence-electron chi connectivity index (χ4n) is 3.00. The molecule has 3 aromatic rings. The fraction of sp³-hybridized carbons (Fsp3) is 0.368. The Morgan fingerprint density at radius 2 is 2.04 bits per heavy atom. The Kier molecular flexibility index (Phi) is 5.41. The van der Waals surface area contributed by atoms with E-state index in [9.17, 15) is 4.79 Å². The summed E-state index contributed by atoms with van der Waals surface area (Å²) in [6, 6.07) is 9.30. The number of thioether (sulfide) groups is 1. The highest BCUT2D eigenvalue weighted by atomic mass is 35.5. The van der Waals surface area contributed by atoms with E-state index >= 15 is 0 Å². The molecular formula is C19H21ClN6OS. The molecule has 7 nitrogen and oxygen atoms in total. The number of hydrogen-bond acceptors (Lipinski definition) is 5. The van der Waals surface area contributed by atoms with Crippen LogP contribution in [0, 0.1) is 0 Å². The van der Waals surface area contributed by atoms with E-state index in [2.05, 4.69) is 32.1 Å². The van der Waals surface area contributed by atoms with Crippen molar-refractivity contribution in [3.63, 3.8) is 0 Å². The minimum Gasteiger partial charge on any atom is -0.310 e. The van der Waals surface area contributed by atoms with Crippen molar-refractivity contribution in [2.24, 2.45) is 7.05 Å². The van der Waals surface area contributed by atoms with Crippen LogP contribution in [0.3, 0.4) is 0 Å². The Hall–Kier alpha value is -2.32. The fourth-order valence-corrected chi connectivity index (χ4v) is 3.94. The van der Waals surface area contributed by atoms with Gasteiger partial charge < -0.3 is 9.88 Å². The van der Waals surface area contributed by atoms with Gasteiger partial charge in [-0.3, -0.25) is 9.48 Å². The minimum atomic E-state index is -0.103. The molecule has 1 N–H and O–H groups in total. The number of nitrogens with one attached hydrogen (secondary N) is 1. The average molecular weight is 417 g/mol. The van der Waals surface area contributed by atoms with E-state index in [1.807, 2.05) is 30.3 Å². The molecule has 0 radical (unpaired) electrons. The lowest BCUT2D eigenvalue weighted by Crippen LogP contribution is -2.17. The second-order valence-electron chi connectivity index (χ2n) is 6.74. The Morgan fingerprint density at radius 1 is 1.29 bits per heavy atom. The molecule has 0 unspecified atom stereocenters. The van der Waals surface area contributed by atoms with Crippen molar-refractivity contribution in [3.05, 3.63) is 41.2 Å². The molecule has 2 aromatic heterocycles. The van der Waals surface area contributed by atoms with E-state index in [0.717, 1.165) is 28.8 Å². The van der Waals surface area contributed by atoms with Crippen molar-refractivity contribution in [2.75, 3.05) is 11.1 Å². The van der Waals surface area contributed by atoms with Crippen LogP contribution < -0.4 is 5.32 Å². The molecule has 2 heterocycles. The molecule has 0 atom stereocenters. The number of anilines is 1. The molecule has 146 valence electrons. The summed E-state index contributed by atoms with van der Waals surface area (Å²) < 4.78 is 3.77. The highest BCUT2D eigenvalue weighted by molar-refractivity contribution is 7.99. The van der Waals surface area contributed by atoms with Gasteiger partial charge in [0.05, 0.1) is 11.4 Å². The number of amides is 1. The lowest BCUT2D eigenvalue weighted by atomic mass is 10.1. The van der Waals surface area contributed by atoms with Gasteiger partial charge in [0.25, 0.3) is 0 Å². The minimum absolute atomic E-state index is 0.103. The molecule has 1 fully saturated rings. The van der Waals surface area contributed by atoms with Crippen LogP contribution in [0.5, 0.6) is 0 Å². The van der Waals surface area contributed by atoms with Gasteiger partial charge in [0.2, 0.25) is 5.91 Å². The van der Waals surface area contributed by atoms with Crippen molar-refractivity contribution < 1.29 is 4.79 Å². The number of hydrogen-bond donors (Lipinski definition) is 1. The summed E-state index contributed by atoms with van der Waals surface area (Å²) in [4.78, 5) is 12.4. The van der Waals surface area contributed by atoms with E-state index in [1.54, 1.807) is 11.7 Å². The van der Waals surface area contributed by atoms with Gasteiger partial charge in [-0.05, 0) is 31.9 Å². The molecular weight excluding hydrogens is 396 g/mol. The molecule has 1 saturated carbocycles. The van der Waals surface area contributed by atoms with Crippen molar-refractivity contribution >= 4 is 35.1 Å². The maximum Gasteiger partial charge on any atom is 0.235 e. The van der Waals surface area contributed by atoms with E-state index in [0.29, 0.717) is 16.8 Å². The molecule has 1 aliphatic rings. The summed E-state index contributed by atoms with van der Waals surface area (Å²) >= 11 is 7.35. The lowest BCUT2D eigenvalue weighted by molar-refractivity contribution is -0.113. The second-order valence-corrected chi connectivity index (χ2v) is 8.12. The predicted octanol–water partition coefficient (Wildman–Crippen LogP) is 3.96. The Balaban J connectivity index is 1.40. The monoisotopic (exact) mass is 416 g/mol. The summed E-state index contributed by atoms with van der Waals surface area (Å²) in [6.07, 6.45) is 2.36. The van der Waals surface area contributed by atoms with Gasteiger partial charge in [-0.2, -0.15) is 5.10 Å². The van der Waals surface area contributed by atoms with E-state index < -0.39 is 0 Å². The van der Waals surface area contributed by atoms with Crippen LogP contribution in [0.25, 0.3) is 11.3 Å². The lowest BCUT2D eigenvalue weighted by Gasteiger charge is -2.07. The quantitative estimate of drug-likeness (QED) is 0.590. The number of nitrogens with zero attached hydrogens (tertiary/aromatic N) is 5. The first-order valence-electron chi connectivity index (χ1n) is 9.21. The van der Waals surface area contributed by atoms with Crippen molar-refractivity contribution in [2.45, 2.75) is 37.4 Å². The van der Waals surface area contributed by atoms with Gasteiger partial charge in [-0.25, -0.2) is 0 Å². The van der Waals surface area contributed by atoms with Gasteiger partial charge in [0.15, 0.2) is 5.16 Å². The van der Waals surface area contributed by atoms with Gasteiger partial charge >= 0.3 is 0 Å². The average Bonchev–Trinajstić information content (AvgIpc) is 3.35. The van der Waals surface area contributed by atoms with E-state index in [-0.39, 0.29) is 11.7 Å². The van der Waals surface area contributed by atoms with Gasteiger partial charge in [0, 0.05) is 36.2 Å². The summed E-state index contributed by atoms with van der Waals surface area (Å²) in [5.41, 5.74) is 1.72. The summed E-state index contributed by atoms with van der Waals surface area (Å²) in [5.74, 6) is 2.39. The van der Waals surface area contributed by atoms with Gasteiger partial charge in [-0.15, -0.1) is 10.2 Å². The smallest absolute Gasteiger partial charge is 0.235 e. The largest absolute Gasteiger partial charge is 0.310 e. The summed E-state index contributed by atoms with van der Waals surface area (Å²) in [6.45, 7) is 2.89. The summed E-state index contributed by atoms with van der Waals surface area (Å²) in [7, 11) is 1.80. The molecule has 0 aliphatic heterocycles. The number of carbonyl (C=O) groups excluding carboxylic acids is 1. The Morgan fingerprint density at radius 3 is 2.71 bits per heavy atom. The number of halogens is 1. The Labute approximate surface area is 172 Å². The number of aryl methyl sites for hydroxylation is 1. The highest BCUT2D eigenvalue weighted by Gasteiger charge is 2.30. The van der Waals surface area contributed by atoms with Crippen molar-refractivity contribution in [1.82, 2.24) is 24.5 Å². The standard InChI is InChI=1S/C19H21ClN6OS/c1-3-26-18(13-4-5-13)22-23-19(26)28-11-17(27)21-16-10-15(24-25(16)2)12-6-8-14(20)9-7-12/h6-10,13H,3-5,11H2,1-2H3,(H,21,27). The maximum atomic E-state index is 12.4. The molecule has 1 aromatic carbocycles. The predicted molar refractivity (Wildman–Crippen MR) is 111 cm³/mol. The normalized spacial score (nSPS) is 13.7. The zero-order valence-corrected chi connectivity index (χ0v) is 17.3. The number of benzene rings is 1. The van der Waals surface area contributed by atoms with E-state index in [1.165, 1.54) is 24.6 Å². The van der Waals surface area contributed by atoms with Gasteiger partial charge in [-0.1, -0.05) is 35.5 Å². The molecule has 1 aliphatic carbocycles. The van der Waals surface area contributed by atoms with Crippen LogP contribution in [0.1, 0.15) is 31.5 Å². The topological polar surface area (TPSA) is 77.6 Å². The first kappa shape index (κ1) is 19.0. The number of rotatable bonds is 7.